The van der Waals surface area contributed by atoms with Crippen molar-refractivity contribution in [1.29, 1.82) is 0 Å². The summed E-state index contributed by atoms with van der Waals surface area (Å²) in [5.74, 6) is 0.275. The number of ether oxygens (including phenoxy) is 1. The van der Waals surface area contributed by atoms with Gasteiger partial charge in [0.05, 0.1) is 0 Å². The molecule has 2 aromatic rings. The van der Waals surface area contributed by atoms with Crippen LogP contribution in [0.3, 0.4) is 0 Å². The topological polar surface area (TPSA) is 38.3 Å². The summed E-state index contributed by atoms with van der Waals surface area (Å²) < 4.78 is 18.4. The minimum atomic E-state index is -0.267. The summed E-state index contributed by atoms with van der Waals surface area (Å²) in [6.07, 6.45) is 0. The van der Waals surface area contributed by atoms with E-state index in [2.05, 4.69) is 5.32 Å². The fourth-order valence-electron chi connectivity index (χ4n) is 1.70. The lowest BCUT2D eigenvalue weighted by Gasteiger charge is -2.10. The molecule has 0 spiro atoms. The van der Waals surface area contributed by atoms with Crippen molar-refractivity contribution < 1.29 is 13.9 Å². The van der Waals surface area contributed by atoms with Gasteiger partial charge < -0.3 is 10.1 Å². The number of nitrogens with one attached hydrogen (secondary N) is 1. The Morgan fingerprint density at radius 2 is 1.90 bits per heavy atom. The molecule has 0 bridgehead atoms. The van der Waals surface area contributed by atoms with Gasteiger partial charge in [0, 0.05) is 17.7 Å². The Hall–Kier alpha value is -2.36. The first-order valence-electron chi connectivity index (χ1n) is 6.83. The van der Waals surface area contributed by atoms with E-state index in [1.807, 2.05) is 32.0 Å². The maximum absolute atomic E-state index is 12.8. The van der Waals surface area contributed by atoms with Crippen molar-refractivity contribution in [3.8, 4) is 5.75 Å². The van der Waals surface area contributed by atoms with E-state index >= 15 is 0 Å². The Balaban J connectivity index is 1.97. The smallest absolute Gasteiger partial charge is 0.226 e. The van der Waals surface area contributed by atoms with Crippen LogP contribution in [0, 0.1) is 11.7 Å². The predicted molar refractivity (Wildman–Crippen MR) is 80.6 cm³/mol. The highest BCUT2D eigenvalue weighted by Gasteiger charge is 2.07. The summed E-state index contributed by atoms with van der Waals surface area (Å²) >= 11 is 0. The number of amides is 1. The van der Waals surface area contributed by atoms with Crippen LogP contribution in [0.1, 0.15) is 19.4 Å². The highest BCUT2D eigenvalue weighted by atomic mass is 19.1. The minimum Gasteiger partial charge on any atom is -0.489 e. The Morgan fingerprint density at radius 3 is 2.57 bits per heavy atom. The fourth-order valence-corrected chi connectivity index (χ4v) is 1.70. The number of hydrogen-bond donors (Lipinski definition) is 1. The maximum atomic E-state index is 12.8. The number of benzene rings is 2. The van der Waals surface area contributed by atoms with E-state index in [0.717, 1.165) is 5.56 Å². The van der Waals surface area contributed by atoms with Crippen molar-refractivity contribution in [2.24, 2.45) is 5.92 Å². The molecule has 0 heterocycles. The first-order chi connectivity index (χ1) is 10.0. The number of carbonyl (C=O) groups excluding carboxylic acids is 1. The first-order valence-corrected chi connectivity index (χ1v) is 6.83. The first kappa shape index (κ1) is 15.0. The average molecular weight is 287 g/mol. The average Bonchev–Trinajstić information content (AvgIpc) is 2.47. The van der Waals surface area contributed by atoms with E-state index in [4.69, 9.17) is 4.74 Å². The van der Waals surface area contributed by atoms with Crippen molar-refractivity contribution in [2.45, 2.75) is 20.5 Å². The van der Waals surface area contributed by atoms with Crippen LogP contribution in [0.2, 0.25) is 0 Å². The van der Waals surface area contributed by atoms with Gasteiger partial charge in [0.1, 0.15) is 18.2 Å². The van der Waals surface area contributed by atoms with Crippen molar-refractivity contribution in [1.82, 2.24) is 0 Å². The van der Waals surface area contributed by atoms with Crippen LogP contribution in [0.5, 0.6) is 5.75 Å². The van der Waals surface area contributed by atoms with E-state index < -0.39 is 0 Å². The molecule has 21 heavy (non-hydrogen) atoms. The Labute approximate surface area is 123 Å². The molecule has 3 nitrogen and oxygen atoms in total. The molecular formula is C17H18FNO2. The summed E-state index contributed by atoms with van der Waals surface area (Å²) in [4.78, 5) is 11.6. The molecule has 110 valence electrons. The van der Waals surface area contributed by atoms with E-state index in [9.17, 15) is 9.18 Å². The second-order valence-electron chi connectivity index (χ2n) is 5.09. The van der Waals surface area contributed by atoms with Gasteiger partial charge in [0.2, 0.25) is 5.91 Å². The molecule has 1 amide bonds. The van der Waals surface area contributed by atoms with Gasteiger partial charge in [-0.25, -0.2) is 4.39 Å². The molecule has 0 aliphatic rings. The summed E-state index contributed by atoms with van der Waals surface area (Å²) in [5, 5.41) is 2.82. The van der Waals surface area contributed by atoms with E-state index in [-0.39, 0.29) is 17.6 Å². The molecule has 0 saturated heterocycles. The van der Waals surface area contributed by atoms with Crippen LogP contribution in [0.15, 0.2) is 48.5 Å². The van der Waals surface area contributed by atoms with Crippen LogP contribution in [0.4, 0.5) is 10.1 Å². The summed E-state index contributed by atoms with van der Waals surface area (Å²) in [7, 11) is 0. The molecular weight excluding hydrogens is 269 g/mol. The zero-order valence-electron chi connectivity index (χ0n) is 12.1. The van der Waals surface area contributed by atoms with E-state index in [1.165, 1.54) is 12.1 Å². The third kappa shape index (κ3) is 4.60. The molecule has 0 fully saturated rings. The van der Waals surface area contributed by atoms with Gasteiger partial charge in [-0.1, -0.05) is 32.0 Å². The number of anilines is 1. The lowest BCUT2D eigenvalue weighted by atomic mass is 10.2. The lowest BCUT2D eigenvalue weighted by molar-refractivity contribution is -0.118. The third-order valence-electron chi connectivity index (χ3n) is 2.94. The van der Waals surface area contributed by atoms with Gasteiger partial charge in [-0.3, -0.25) is 4.79 Å². The Kier molecular flexibility index (Phi) is 4.93. The summed E-state index contributed by atoms with van der Waals surface area (Å²) in [6, 6.07) is 13.4. The van der Waals surface area contributed by atoms with Crippen molar-refractivity contribution >= 4 is 11.6 Å². The number of rotatable bonds is 5. The predicted octanol–water partition coefficient (Wildman–Crippen LogP) is 4.00. The standard InChI is InChI=1S/C17H18FNO2/c1-12(2)17(20)19-15-4-3-5-16(10-15)21-11-13-6-8-14(18)9-7-13/h3-10,12H,11H2,1-2H3,(H,19,20). The van der Waals surface area contributed by atoms with Gasteiger partial charge >= 0.3 is 0 Å². The largest absolute Gasteiger partial charge is 0.489 e. The molecule has 0 saturated carbocycles. The van der Waals surface area contributed by atoms with Crippen LogP contribution >= 0.6 is 0 Å². The molecule has 4 heteroatoms. The molecule has 2 aromatic carbocycles. The van der Waals surface area contributed by atoms with Crippen molar-refractivity contribution in [3.05, 3.63) is 59.9 Å². The Morgan fingerprint density at radius 1 is 1.19 bits per heavy atom. The van der Waals surface area contributed by atoms with E-state index in [0.29, 0.717) is 18.0 Å². The highest BCUT2D eigenvalue weighted by molar-refractivity contribution is 5.92. The van der Waals surface area contributed by atoms with Gasteiger partial charge in [0.15, 0.2) is 0 Å². The number of carbonyl (C=O) groups is 1. The second-order valence-corrected chi connectivity index (χ2v) is 5.09. The van der Waals surface area contributed by atoms with Crippen LogP contribution in [0.25, 0.3) is 0 Å². The van der Waals surface area contributed by atoms with Crippen LogP contribution < -0.4 is 10.1 Å². The van der Waals surface area contributed by atoms with Gasteiger partial charge in [-0.05, 0) is 29.8 Å². The molecule has 2 rings (SSSR count). The molecule has 0 aliphatic heterocycles. The van der Waals surface area contributed by atoms with Gasteiger partial charge in [0.25, 0.3) is 0 Å². The molecule has 0 radical (unpaired) electrons. The summed E-state index contributed by atoms with van der Waals surface area (Å²) in [5.41, 5.74) is 1.58. The molecule has 0 aliphatic carbocycles. The number of halogens is 1. The van der Waals surface area contributed by atoms with Gasteiger partial charge in [-0.2, -0.15) is 0 Å². The zero-order valence-corrected chi connectivity index (χ0v) is 12.1. The number of hydrogen-bond acceptors (Lipinski definition) is 2. The Bertz CT molecular complexity index is 608. The third-order valence-corrected chi connectivity index (χ3v) is 2.94. The van der Waals surface area contributed by atoms with Crippen LogP contribution in [-0.2, 0) is 11.4 Å². The minimum absolute atomic E-state index is 0.0364. The fraction of sp³-hybridized carbons (Fsp3) is 0.235. The summed E-state index contributed by atoms with van der Waals surface area (Å²) in [6.45, 7) is 4.02. The normalized spacial score (nSPS) is 10.5. The van der Waals surface area contributed by atoms with E-state index in [1.54, 1.807) is 18.2 Å². The SMILES string of the molecule is CC(C)C(=O)Nc1cccc(OCc2ccc(F)cc2)c1. The highest BCUT2D eigenvalue weighted by Crippen LogP contribution is 2.19. The molecule has 0 unspecified atom stereocenters. The second kappa shape index (κ2) is 6.88. The molecule has 0 atom stereocenters. The van der Waals surface area contributed by atoms with Crippen molar-refractivity contribution in [3.63, 3.8) is 0 Å². The van der Waals surface area contributed by atoms with Crippen molar-refractivity contribution in [2.75, 3.05) is 5.32 Å². The zero-order chi connectivity index (χ0) is 15.2. The molecule has 1 N–H and O–H groups in total. The maximum Gasteiger partial charge on any atom is 0.226 e. The quantitative estimate of drug-likeness (QED) is 0.902. The lowest BCUT2D eigenvalue weighted by Crippen LogP contribution is -2.17. The monoisotopic (exact) mass is 287 g/mol. The van der Waals surface area contributed by atoms with Gasteiger partial charge in [-0.15, -0.1) is 0 Å². The molecule has 0 aromatic heterocycles. The van der Waals surface area contributed by atoms with Crippen LogP contribution in [-0.4, -0.2) is 5.91 Å².